The Balaban J connectivity index is 1.78. The lowest BCUT2D eigenvalue weighted by atomic mass is 10.1. The summed E-state index contributed by atoms with van der Waals surface area (Å²) in [4.78, 5) is 0. The van der Waals surface area contributed by atoms with Crippen LogP contribution in [0.4, 0.5) is 0 Å². The van der Waals surface area contributed by atoms with Crippen molar-refractivity contribution in [2.24, 2.45) is 0 Å². The maximum atomic E-state index is 3.79. The van der Waals surface area contributed by atoms with Gasteiger partial charge in [-0.2, -0.15) is 11.8 Å². The number of hydrogen-bond acceptors (Lipinski definition) is 2. The fourth-order valence-electron chi connectivity index (χ4n) is 3.34. The first-order valence-corrected chi connectivity index (χ1v) is 10.4. The van der Waals surface area contributed by atoms with Gasteiger partial charge in [0.25, 0.3) is 0 Å². The Hall–Kier alpha value is 0.310. The summed E-state index contributed by atoms with van der Waals surface area (Å²) < 4.78 is 0. The molecular formula is C18H37NS. The summed E-state index contributed by atoms with van der Waals surface area (Å²) in [5.41, 5.74) is 0. The van der Waals surface area contributed by atoms with Gasteiger partial charge in [-0.25, -0.2) is 0 Å². The lowest BCUT2D eigenvalue weighted by Gasteiger charge is -2.19. The summed E-state index contributed by atoms with van der Waals surface area (Å²) in [7, 11) is 0. The van der Waals surface area contributed by atoms with E-state index in [0.717, 1.165) is 11.3 Å². The van der Waals surface area contributed by atoms with Gasteiger partial charge in [0.05, 0.1) is 0 Å². The van der Waals surface area contributed by atoms with E-state index in [0.29, 0.717) is 0 Å². The summed E-state index contributed by atoms with van der Waals surface area (Å²) in [5, 5.41) is 4.67. The van der Waals surface area contributed by atoms with Gasteiger partial charge in [-0.05, 0) is 32.1 Å². The van der Waals surface area contributed by atoms with Crippen molar-refractivity contribution in [3.8, 4) is 0 Å². The zero-order valence-electron chi connectivity index (χ0n) is 14.0. The minimum atomic E-state index is 0.809. The monoisotopic (exact) mass is 299 g/mol. The lowest BCUT2D eigenvalue weighted by molar-refractivity contribution is 0.498. The first-order valence-electron chi connectivity index (χ1n) is 9.14. The normalized spacial score (nSPS) is 22.5. The van der Waals surface area contributed by atoms with Gasteiger partial charge in [-0.1, -0.05) is 71.1 Å². The molecule has 0 heterocycles. The van der Waals surface area contributed by atoms with E-state index in [2.05, 4.69) is 30.3 Å². The Labute approximate surface area is 132 Å². The second kappa shape index (κ2) is 13.0. The molecule has 0 radical (unpaired) electrons. The largest absolute Gasteiger partial charge is 0.313 e. The van der Waals surface area contributed by atoms with E-state index in [9.17, 15) is 0 Å². The topological polar surface area (TPSA) is 12.0 Å². The fourth-order valence-corrected chi connectivity index (χ4v) is 4.30. The van der Waals surface area contributed by atoms with Crippen molar-refractivity contribution in [1.29, 1.82) is 0 Å². The standard InChI is InChI=1S/C18H37NS/c1-3-4-5-6-7-8-9-10-11-12-16-19-17-14-13-15-18(17)20-2/h17-19H,3-16H2,1-2H3. The van der Waals surface area contributed by atoms with Crippen LogP contribution in [0.25, 0.3) is 0 Å². The molecule has 0 bridgehead atoms. The van der Waals surface area contributed by atoms with Crippen molar-refractivity contribution in [1.82, 2.24) is 5.32 Å². The van der Waals surface area contributed by atoms with Crippen LogP contribution >= 0.6 is 11.8 Å². The van der Waals surface area contributed by atoms with Crippen LogP contribution in [0.3, 0.4) is 0 Å². The van der Waals surface area contributed by atoms with E-state index < -0.39 is 0 Å². The van der Waals surface area contributed by atoms with Crippen LogP contribution in [0.15, 0.2) is 0 Å². The van der Waals surface area contributed by atoms with Gasteiger partial charge < -0.3 is 5.32 Å². The predicted octanol–water partition coefficient (Wildman–Crippen LogP) is 5.78. The van der Waals surface area contributed by atoms with Crippen molar-refractivity contribution < 1.29 is 0 Å². The molecule has 1 aliphatic rings. The third-order valence-corrected chi connectivity index (χ3v) is 5.86. The van der Waals surface area contributed by atoms with Crippen LogP contribution in [0.5, 0.6) is 0 Å². The molecule has 0 aromatic heterocycles. The smallest absolute Gasteiger partial charge is 0.0198 e. The number of hydrogen-bond donors (Lipinski definition) is 1. The molecular weight excluding hydrogens is 262 g/mol. The maximum absolute atomic E-state index is 3.79. The van der Waals surface area contributed by atoms with E-state index in [1.165, 1.54) is 90.0 Å². The molecule has 1 saturated carbocycles. The molecule has 20 heavy (non-hydrogen) atoms. The molecule has 0 amide bonds. The Kier molecular flexibility index (Phi) is 11.9. The Morgan fingerprint density at radius 2 is 1.45 bits per heavy atom. The molecule has 0 spiro atoms. The summed E-state index contributed by atoms with van der Waals surface area (Å²) in [6, 6.07) is 0.809. The number of nitrogens with one attached hydrogen (secondary N) is 1. The number of thioether (sulfide) groups is 1. The molecule has 0 aliphatic heterocycles. The van der Waals surface area contributed by atoms with Crippen molar-refractivity contribution in [2.45, 2.75) is 102 Å². The summed E-state index contributed by atoms with van der Waals surface area (Å²) >= 11 is 2.06. The molecule has 1 N–H and O–H groups in total. The van der Waals surface area contributed by atoms with E-state index in [1.807, 2.05) is 0 Å². The predicted molar refractivity (Wildman–Crippen MR) is 94.8 cm³/mol. The van der Waals surface area contributed by atoms with Gasteiger partial charge >= 0.3 is 0 Å². The third-order valence-electron chi connectivity index (χ3n) is 4.69. The van der Waals surface area contributed by atoms with E-state index in [-0.39, 0.29) is 0 Å². The highest BCUT2D eigenvalue weighted by Gasteiger charge is 2.25. The van der Waals surface area contributed by atoms with E-state index in [4.69, 9.17) is 0 Å². The minimum absolute atomic E-state index is 0.809. The van der Waals surface area contributed by atoms with Crippen LogP contribution in [0, 0.1) is 0 Å². The number of unbranched alkanes of at least 4 members (excludes halogenated alkanes) is 9. The Morgan fingerprint density at radius 1 is 0.850 bits per heavy atom. The van der Waals surface area contributed by atoms with Crippen LogP contribution in [-0.4, -0.2) is 24.1 Å². The molecule has 1 fully saturated rings. The zero-order valence-corrected chi connectivity index (χ0v) is 14.8. The van der Waals surface area contributed by atoms with Crippen molar-refractivity contribution in [3.05, 3.63) is 0 Å². The fraction of sp³-hybridized carbons (Fsp3) is 1.00. The highest BCUT2D eigenvalue weighted by molar-refractivity contribution is 7.99. The molecule has 1 rings (SSSR count). The van der Waals surface area contributed by atoms with Gasteiger partial charge in [-0.3, -0.25) is 0 Å². The molecule has 0 saturated heterocycles. The Morgan fingerprint density at radius 3 is 2.05 bits per heavy atom. The minimum Gasteiger partial charge on any atom is -0.313 e. The molecule has 0 aromatic carbocycles. The van der Waals surface area contributed by atoms with Crippen LogP contribution in [0.1, 0.15) is 90.4 Å². The Bertz CT molecular complexity index is 208. The van der Waals surface area contributed by atoms with Gasteiger partial charge in [0.1, 0.15) is 0 Å². The average Bonchev–Trinajstić information content (AvgIpc) is 2.92. The first kappa shape index (κ1) is 18.4. The zero-order chi connectivity index (χ0) is 14.5. The quantitative estimate of drug-likeness (QED) is 0.433. The first-order chi connectivity index (χ1) is 9.88. The molecule has 2 atom stereocenters. The third kappa shape index (κ3) is 8.56. The molecule has 2 unspecified atom stereocenters. The van der Waals surface area contributed by atoms with Gasteiger partial charge in [0.2, 0.25) is 0 Å². The molecule has 120 valence electrons. The second-order valence-electron chi connectivity index (χ2n) is 6.45. The number of rotatable bonds is 13. The SMILES string of the molecule is CCCCCCCCCCCCNC1CCCC1SC. The highest BCUT2D eigenvalue weighted by atomic mass is 32.2. The second-order valence-corrected chi connectivity index (χ2v) is 7.52. The van der Waals surface area contributed by atoms with Gasteiger partial charge in [0.15, 0.2) is 0 Å². The van der Waals surface area contributed by atoms with Crippen molar-refractivity contribution in [2.75, 3.05) is 12.8 Å². The molecule has 0 aromatic rings. The average molecular weight is 300 g/mol. The van der Waals surface area contributed by atoms with Crippen LogP contribution in [-0.2, 0) is 0 Å². The summed E-state index contributed by atoms with van der Waals surface area (Å²) in [6.45, 7) is 3.54. The van der Waals surface area contributed by atoms with E-state index >= 15 is 0 Å². The van der Waals surface area contributed by atoms with Crippen molar-refractivity contribution in [3.63, 3.8) is 0 Å². The maximum Gasteiger partial charge on any atom is 0.0198 e. The van der Waals surface area contributed by atoms with Gasteiger partial charge in [0, 0.05) is 11.3 Å². The summed E-state index contributed by atoms with van der Waals surface area (Å²) in [5.74, 6) is 0. The molecule has 2 heteroatoms. The van der Waals surface area contributed by atoms with Crippen LogP contribution in [0.2, 0.25) is 0 Å². The lowest BCUT2D eigenvalue weighted by Crippen LogP contribution is -2.34. The summed E-state index contributed by atoms with van der Waals surface area (Å²) in [6.07, 6.45) is 20.9. The highest BCUT2D eigenvalue weighted by Crippen LogP contribution is 2.28. The molecule has 1 nitrogen and oxygen atoms in total. The molecule has 1 aliphatic carbocycles. The van der Waals surface area contributed by atoms with Gasteiger partial charge in [-0.15, -0.1) is 0 Å². The van der Waals surface area contributed by atoms with Crippen LogP contribution < -0.4 is 5.32 Å². The van der Waals surface area contributed by atoms with E-state index in [1.54, 1.807) is 0 Å². The van der Waals surface area contributed by atoms with Crippen molar-refractivity contribution >= 4 is 11.8 Å².